The van der Waals surface area contributed by atoms with Crippen LogP contribution in [0.4, 0.5) is 0 Å². The van der Waals surface area contributed by atoms with Crippen LogP contribution in [0.5, 0.6) is 0 Å². The van der Waals surface area contributed by atoms with Gasteiger partial charge in [0, 0.05) is 24.1 Å². The molecule has 8 heteroatoms. The number of carboxylic acid groups (broad SMARTS) is 1. The van der Waals surface area contributed by atoms with Crippen molar-refractivity contribution in [2.75, 3.05) is 0 Å². The first-order valence-electron chi connectivity index (χ1n) is 9.74. The lowest BCUT2D eigenvalue weighted by Gasteiger charge is -2.11. The van der Waals surface area contributed by atoms with Gasteiger partial charge in [0.15, 0.2) is 0 Å². The van der Waals surface area contributed by atoms with E-state index < -0.39 is 5.97 Å². The second-order valence-electron chi connectivity index (χ2n) is 6.91. The number of nitrogens with one attached hydrogen (secondary N) is 1. The molecule has 0 aliphatic carbocycles. The summed E-state index contributed by atoms with van der Waals surface area (Å²) in [6.07, 6.45) is 3.79. The van der Waals surface area contributed by atoms with E-state index in [1.807, 2.05) is 42.5 Å². The molecule has 148 valence electrons. The Balaban J connectivity index is 1.64. The Morgan fingerprint density at radius 3 is 2.52 bits per heavy atom. The second-order valence-corrected chi connectivity index (χ2v) is 6.91. The van der Waals surface area contributed by atoms with E-state index in [9.17, 15) is 4.79 Å². The smallest absolute Gasteiger partial charge is 0.303 e. The number of hydrogen-bond acceptors (Lipinski definition) is 5. The highest BCUT2D eigenvalue weighted by Crippen LogP contribution is 2.32. The molecule has 4 aromatic rings. The molecule has 29 heavy (non-hydrogen) atoms. The number of fused-ring (bicyclic) bond motifs is 1. The van der Waals surface area contributed by atoms with Crippen LogP contribution in [0.25, 0.3) is 33.8 Å². The van der Waals surface area contributed by atoms with Crippen molar-refractivity contribution >= 4 is 17.0 Å². The first kappa shape index (κ1) is 18.8. The van der Waals surface area contributed by atoms with E-state index >= 15 is 0 Å². The molecule has 2 aromatic heterocycles. The number of aryl methyl sites for hydroxylation is 1. The summed E-state index contributed by atoms with van der Waals surface area (Å²) in [4.78, 5) is 15.6. The lowest BCUT2D eigenvalue weighted by molar-refractivity contribution is -0.137. The largest absolute Gasteiger partial charge is 0.481 e. The SMILES string of the molecule is O=C(O)CCCCCCn1c(-c2ccccc2-c2nn[nH]n2)nc2ccccc21. The average molecular weight is 390 g/mol. The first-order valence-corrected chi connectivity index (χ1v) is 9.74. The van der Waals surface area contributed by atoms with Gasteiger partial charge in [0.1, 0.15) is 5.82 Å². The number of hydrogen-bond donors (Lipinski definition) is 2. The maximum absolute atomic E-state index is 10.7. The molecule has 0 atom stereocenters. The molecule has 2 heterocycles. The van der Waals surface area contributed by atoms with Gasteiger partial charge >= 0.3 is 5.97 Å². The molecule has 0 radical (unpaired) electrons. The van der Waals surface area contributed by atoms with Gasteiger partial charge in [0.05, 0.1) is 11.0 Å². The molecule has 2 aromatic carbocycles. The van der Waals surface area contributed by atoms with Crippen molar-refractivity contribution in [3.05, 3.63) is 48.5 Å². The third kappa shape index (κ3) is 4.16. The zero-order chi connectivity index (χ0) is 20.1. The topological polar surface area (TPSA) is 110 Å². The minimum atomic E-state index is -0.731. The lowest BCUT2D eigenvalue weighted by atomic mass is 10.1. The van der Waals surface area contributed by atoms with E-state index in [-0.39, 0.29) is 6.42 Å². The minimum absolute atomic E-state index is 0.233. The molecule has 0 saturated heterocycles. The Hall–Kier alpha value is -3.55. The van der Waals surface area contributed by atoms with Crippen LogP contribution in [0.1, 0.15) is 32.1 Å². The predicted octanol–water partition coefficient (Wildman–Crippen LogP) is 3.92. The third-order valence-electron chi connectivity index (χ3n) is 4.93. The molecule has 0 fully saturated rings. The van der Waals surface area contributed by atoms with E-state index in [2.05, 4.69) is 31.3 Å². The molecule has 0 aliphatic rings. The molecule has 0 spiro atoms. The number of unbranched alkanes of at least 4 members (excludes halogenated alkanes) is 3. The summed E-state index contributed by atoms with van der Waals surface area (Å²) in [7, 11) is 0. The highest BCUT2D eigenvalue weighted by atomic mass is 16.4. The summed E-state index contributed by atoms with van der Waals surface area (Å²) < 4.78 is 2.23. The Bertz CT molecular complexity index is 1100. The highest BCUT2D eigenvalue weighted by molar-refractivity contribution is 5.85. The number of benzene rings is 2. The number of imidazole rings is 1. The van der Waals surface area contributed by atoms with Crippen LogP contribution in [0.15, 0.2) is 48.5 Å². The molecule has 8 nitrogen and oxygen atoms in total. The van der Waals surface area contributed by atoms with Gasteiger partial charge < -0.3 is 9.67 Å². The number of carboxylic acids is 1. The van der Waals surface area contributed by atoms with Crippen molar-refractivity contribution in [3.63, 3.8) is 0 Å². The molecule has 0 amide bonds. The van der Waals surface area contributed by atoms with Gasteiger partial charge in [0.2, 0.25) is 5.82 Å². The fourth-order valence-electron chi connectivity index (χ4n) is 3.56. The normalized spacial score (nSPS) is 11.2. The van der Waals surface area contributed by atoms with E-state index in [4.69, 9.17) is 10.1 Å². The van der Waals surface area contributed by atoms with Crippen molar-refractivity contribution in [1.82, 2.24) is 30.2 Å². The van der Waals surface area contributed by atoms with Crippen LogP contribution in [0, 0.1) is 0 Å². The van der Waals surface area contributed by atoms with Gasteiger partial charge in [0.25, 0.3) is 0 Å². The standard InChI is InChI=1S/C21H22N6O2/c28-19(29)13-3-1-2-8-14-27-18-12-7-6-11-17(18)22-21(27)16-10-5-4-9-15(16)20-23-25-26-24-20/h4-7,9-12H,1-3,8,13-14H2,(H,28,29)(H,23,24,25,26). The average Bonchev–Trinajstić information content (AvgIpc) is 3.39. The fourth-order valence-corrected chi connectivity index (χ4v) is 3.56. The van der Waals surface area contributed by atoms with Crippen molar-refractivity contribution in [1.29, 1.82) is 0 Å². The molecule has 0 saturated carbocycles. The summed E-state index contributed by atoms with van der Waals surface area (Å²) in [6.45, 7) is 0.809. The van der Waals surface area contributed by atoms with Crippen LogP contribution >= 0.6 is 0 Å². The Morgan fingerprint density at radius 1 is 0.966 bits per heavy atom. The van der Waals surface area contributed by atoms with Crippen LogP contribution < -0.4 is 0 Å². The molecule has 0 unspecified atom stereocenters. The van der Waals surface area contributed by atoms with Gasteiger partial charge in [-0.1, -0.05) is 49.2 Å². The number of aromatic nitrogens is 6. The van der Waals surface area contributed by atoms with Gasteiger partial charge in [-0.05, 0) is 30.2 Å². The maximum Gasteiger partial charge on any atom is 0.303 e. The van der Waals surface area contributed by atoms with Gasteiger partial charge in [-0.15, -0.1) is 10.2 Å². The van der Waals surface area contributed by atoms with E-state index in [1.54, 1.807) is 0 Å². The predicted molar refractivity (Wildman–Crippen MR) is 109 cm³/mol. The molecule has 2 N–H and O–H groups in total. The quantitative estimate of drug-likeness (QED) is 0.419. The molecule has 0 aliphatic heterocycles. The second kappa shape index (κ2) is 8.64. The summed E-state index contributed by atoms with van der Waals surface area (Å²) in [5.74, 6) is 0.677. The number of nitrogens with zero attached hydrogens (tertiary/aromatic N) is 5. The number of carbonyl (C=O) groups is 1. The zero-order valence-electron chi connectivity index (χ0n) is 16.0. The molecule has 4 rings (SSSR count). The number of H-pyrrole nitrogens is 1. The third-order valence-corrected chi connectivity index (χ3v) is 4.93. The van der Waals surface area contributed by atoms with Crippen LogP contribution in [0.2, 0.25) is 0 Å². The Labute approximate surface area is 167 Å². The van der Waals surface area contributed by atoms with Crippen molar-refractivity contribution in [2.24, 2.45) is 0 Å². The van der Waals surface area contributed by atoms with Gasteiger partial charge in [-0.25, -0.2) is 4.98 Å². The van der Waals surface area contributed by atoms with Gasteiger partial charge in [-0.2, -0.15) is 5.21 Å². The maximum atomic E-state index is 10.7. The number of rotatable bonds is 9. The van der Waals surface area contributed by atoms with Gasteiger partial charge in [-0.3, -0.25) is 4.79 Å². The van der Waals surface area contributed by atoms with Crippen molar-refractivity contribution in [3.8, 4) is 22.8 Å². The monoisotopic (exact) mass is 390 g/mol. The van der Waals surface area contributed by atoms with E-state index in [0.29, 0.717) is 12.2 Å². The number of tetrazole rings is 1. The molecular formula is C21H22N6O2. The summed E-state index contributed by atoms with van der Waals surface area (Å²) in [5.41, 5.74) is 3.85. The number of para-hydroxylation sites is 2. The lowest BCUT2D eigenvalue weighted by Crippen LogP contribution is -2.02. The van der Waals surface area contributed by atoms with Crippen LogP contribution in [0.3, 0.4) is 0 Å². The molecule has 0 bridgehead atoms. The zero-order valence-corrected chi connectivity index (χ0v) is 16.0. The Morgan fingerprint density at radius 2 is 1.72 bits per heavy atom. The number of aliphatic carboxylic acids is 1. The first-order chi connectivity index (χ1) is 14.2. The van der Waals surface area contributed by atoms with Crippen LogP contribution in [-0.4, -0.2) is 41.3 Å². The van der Waals surface area contributed by atoms with Crippen molar-refractivity contribution < 1.29 is 9.90 Å². The summed E-state index contributed by atoms with van der Waals surface area (Å²) in [5, 5.41) is 23.2. The van der Waals surface area contributed by atoms with E-state index in [1.165, 1.54) is 0 Å². The van der Waals surface area contributed by atoms with Crippen LogP contribution in [-0.2, 0) is 11.3 Å². The molecular weight excluding hydrogens is 368 g/mol. The van der Waals surface area contributed by atoms with Crippen molar-refractivity contribution in [2.45, 2.75) is 38.6 Å². The fraction of sp³-hybridized carbons (Fsp3) is 0.286. The summed E-state index contributed by atoms with van der Waals surface area (Å²) >= 11 is 0. The minimum Gasteiger partial charge on any atom is -0.481 e. The summed E-state index contributed by atoms with van der Waals surface area (Å²) in [6, 6.07) is 16.0. The Kier molecular flexibility index (Phi) is 5.60. The number of aromatic amines is 1. The highest BCUT2D eigenvalue weighted by Gasteiger charge is 2.17. The van der Waals surface area contributed by atoms with E-state index in [0.717, 1.165) is 53.8 Å².